The van der Waals surface area contributed by atoms with Crippen molar-refractivity contribution in [3.05, 3.63) is 54.1 Å². The average molecular weight is 342 g/mol. The van der Waals surface area contributed by atoms with Gasteiger partial charge in [0, 0.05) is 0 Å². The Labute approximate surface area is 155 Å². The molecule has 1 saturated heterocycles. The normalized spacial score (nSPS) is 19.2. The van der Waals surface area contributed by atoms with E-state index >= 15 is 0 Å². The van der Waals surface area contributed by atoms with E-state index in [1.54, 1.807) is 0 Å². The molecule has 1 aliphatic heterocycles. The predicted molar refractivity (Wildman–Crippen MR) is 109 cm³/mol. The van der Waals surface area contributed by atoms with Crippen LogP contribution in [-0.2, 0) is 9.31 Å². The highest BCUT2D eigenvalue weighted by atomic mass is 16.7. The van der Waals surface area contributed by atoms with Crippen molar-refractivity contribution >= 4 is 23.4 Å². The van der Waals surface area contributed by atoms with Gasteiger partial charge in [0.05, 0.1) is 11.2 Å². The van der Waals surface area contributed by atoms with E-state index in [1.165, 1.54) is 38.6 Å². The summed E-state index contributed by atoms with van der Waals surface area (Å²) in [6, 6.07) is 17.8. The Hall–Kier alpha value is -2.10. The van der Waals surface area contributed by atoms with Crippen LogP contribution in [0.2, 0.25) is 0 Å². The van der Waals surface area contributed by atoms with Crippen LogP contribution in [0.4, 0.5) is 0 Å². The molecule has 2 aliphatic rings. The molecule has 26 heavy (non-hydrogen) atoms. The summed E-state index contributed by atoms with van der Waals surface area (Å²) >= 11 is 0. The Kier molecular flexibility index (Phi) is 3.09. The van der Waals surface area contributed by atoms with Gasteiger partial charge < -0.3 is 9.31 Å². The second-order valence-electron chi connectivity index (χ2n) is 8.61. The standard InChI is InChI=1S/C23H23BO2/c1-14-9-10-17-18-8-6-7-15-12-16(13-20(21(15)18)19(17)11-14)24-25-22(2,3)23(4,5)26-24/h6-13H,1-5H3. The minimum atomic E-state index is -0.335. The molecule has 3 aromatic carbocycles. The number of hydrogen-bond donors (Lipinski definition) is 0. The molecular formula is C23H23BO2. The van der Waals surface area contributed by atoms with Gasteiger partial charge >= 0.3 is 7.12 Å². The van der Waals surface area contributed by atoms with Crippen LogP contribution in [0.5, 0.6) is 0 Å². The van der Waals surface area contributed by atoms with Crippen molar-refractivity contribution < 1.29 is 9.31 Å². The lowest BCUT2D eigenvalue weighted by Gasteiger charge is -2.32. The molecule has 0 unspecified atom stereocenters. The summed E-state index contributed by atoms with van der Waals surface area (Å²) < 4.78 is 12.6. The fourth-order valence-electron chi connectivity index (χ4n) is 4.12. The fourth-order valence-corrected chi connectivity index (χ4v) is 4.12. The molecule has 0 radical (unpaired) electrons. The maximum Gasteiger partial charge on any atom is 0.494 e. The Bertz CT molecular complexity index is 1050. The van der Waals surface area contributed by atoms with Crippen LogP contribution in [0.1, 0.15) is 33.3 Å². The van der Waals surface area contributed by atoms with Gasteiger partial charge in [-0.15, -0.1) is 0 Å². The Balaban J connectivity index is 1.72. The highest BCUT2D eigenvalue weighted by Gasteiger charge is 2.51. The molecule has 0 aromatic heterocycles. The van der Waals surface area contributed by atoms with E-state index in [0.29, 0.717) is 0 Å². The van der Waals surface area contributed by atoms with E-state index in [0.717, 1.165) is 5.46 Å². The molecule has 0 amide bonds. The average Bonchev–Trinajstić information content (AvgIpc) is 3.00. The van der Waals surface area contributed by atoms with Crippen LogP contribution in [-0.4, -0.2) is 18.3 Å². The van der Waals surface area contributed by atoms with Gasteiger partial charge in [-0.3, -0.25) is 0 Å². The Morgan fingerprint density at radius 3 is 2.19 bits per heavy atom. The van der Waals surface area contributed by atoms with Crippen LogP contribution >= 0.6 is 0 Å². The van der Waals surface area contributed by atoms with Gasteiger partial charge in [-0.25, -0.2) is 0 Å². The van der Waals surface area contributed by atoms with E-state index in [-0.39, 0.29) is 18.3 Å². The molecule has 3 heteroatoms. The van der Waals surface area contributed by atoms with Gasteiger partial charge in [-0.1, -0.05) is 54.1 Å². The largest absolute Gasteiger partial charge is 0.494 e. The van der Waals surface area contributed by atoms with Crippen molar-refractivity contribution in [2.45, 2.75) is 45.8 Å². The minimum absolute atomic E-state index is 0.330. The molecule has 1 fully saturated rings. The zero-order chi connectivity index (χ0) is 18.3. The molecule has 0 saturated carbocycles. The quantitative estimate of drug-likeness (QED) is 0.448. The molecule has 1 heterocycles. The number of aryl methyl sites for hydroxylation is 1. The number of benzene rings is 3. The van der Waals surface area contributed by atoms with Gasteiger partial charge in [0.15, 0.2) is 0 Å². The van der Waals surface area contributed by atoms with Crippen molar-refractivity contribution in [1.29, 1.82) is 0 Å². The van der Waals surface area contributed by atoms with Crippen LogP contribution in [0.25, 0.3) is 33.0 Å². The highest BCUT2D eigenvalue weighted by molar-refractivity contribution is 6.62. The molecule has 130 valence electrons. The molecule has 0 spiro atoms. The predicted octanol–water partition coefficient (Wildman–Crippen LogP) is 5.09. The molecule has 3 aromatic rings. The molecule has 1 aliphatic carbocycles. The fraction of sp³-hybridized carbons (Fsp3) is 0.304. The van der Waals surface area contributed by atoms with Crippen LogP contribution < -0.4 is 5.46 Å². The second kappa shape index (κ2) is 5.00. The first-order valence-electron chi connectivity index (χ1n) is 9.31. The van der Waals surface area contributed by atoms with E-state index in [4.69, 9.17) is 9.31 Å². The molecule has 0 N–H and O–H groups in total. The summed E-state index contributed by atoms with van der Waals surface area (Å²) in [5.74, 6) is 0. The van der Waals surface area contributed by atoms with Crippen molar-refractivity contribution in [3.63, 3.8) is 0 Å². The smallest absolute Gasteiger partial charge is 0.399 e. The lowest BCUT2D eigenvalue weighted by atomic mass is 9.77. The highest BCUT2D eigenvalue weighted by Crippen LogP contribution is 2.47. The van der Waals surface area contributed by atoms with Crippen molar-refractivity contribution in [3.8, 4) is 22.3 Å². The zero-order valence-electron chi connectivity index (χ0n) is 16.0. The topological polar surface area (TPSA) is 18.5 Å². The maximum absolute atomic E-state index is 6.31. The first kappa shape index (κ1) is 16.1. The lowest BCUT2D eigenvalue weighted by Crippen LogP contribution is -2.41. The monoisotopic (exact) mass is 342 g/mol. The number of fused-ring (bicyclic) bond motifs is 3. The minimum Gasteiger partial charge on any atom is -0.399 e. The summed E-state index contributed by atoms with van der Waals surface area (Å²) in [5.41, 5.74) is 6.97. The SMILES string of the molecule is Cc1ccc2c(c1)-c1cc(B3OC(C)(C)C(C)(C)O3)cc3cccc-2c13. The number of rotatable bonds is 1. The van der Waals surface area contributed by atoms with Gasteiger partial charge in [-0.2, -0.15) is 0 Å². The molecule has 0 bridgehead atoms. The molecule has 2 nitrogen and oxygen atoms in total. The Morgan fingerprint density at radius 2 is 1.46 bits per heavy atom. The second-order valence-corrected chi connectivity index (χ2v) is 8.61. The van der Waals surface area contributed by atoms with Crippen molar-refractivity contribution in [1.82, 2.24) is 0 Å². The lowest BCUT2D eigenvalue weighted by molar-refractivity contribution is 0.00578. The van der Waals surface area contributed by atoms with Gasteiger partial charge in [0.25, 0.3) is 0 Å². The third kappa shape index (κ3) is 2.08. The maximum atomic E-state index is 6.31. The first-order chi connectivity index (χ1) is 12.3. The first-order valence-corrected chi connectivity index (χ1v) is 9.31. The molecule has 5 rings (SSSR count). The van der Waals surface area contributed by atoms with Gasteiger partial charge in [0.2, 0.25) is 0 Å². The van der Waals surface area contributed by atoms with E-state index in [1.807, 2.05) is 0 Å². The van der Waals surface area contributed by atoms with Crippen molar-refractivity contribution in [2.24, 2.45) is 0 Å². The summed E-state index contributed by atoms with van der Waals surface area (Å²) in [6.07, 6.45) is 0. The molecular weight excluding hydrogens is 319 g/mol. The zero-order valence-corrected chi connectivity index (χ0v) is 16.0. The van der Waals surface area contributed by atoms with E-state index in [2.05, 4.69) is 83.1 Å². The van der Waals surface area contributed by atoms with Crippen LogP contribution in [0.15, 0.2) is 48.5 Å². The van der Waals surface area contributed by atoms with E-state index in [9.17, 15) is 0 Å². The third-order valence-electron chi connectivity index (χ3n) is 6.28. The third-order valence-corrected chi connectivity index (χ3v) is 6.28. The van der Waals surface area contributed by atoms with Crippen LogP contribution in [0.3, 0.4) is 0 Å². The Morgan fingerprint density at radius 1 is 0.731 bits per heavy atom. The van der Waals surface area contributed by atoms with E-state index < -0.39 is 0 Å². The number of hydrogen-bond acceptors (Lipinski definition) is 2. The van der Waals surface area contributed by atoms with Gasteiger partial charge in [-0.05, 0) is 73.1 Å². The van der Waals surface area contributed by atoms with Crippen LogP contribution in [0, 0.1) is 6.92 Å². The molecule has 0 atom stereocenters. The van der Waals surface area contributed by atoms with Gasteiger partial charge in [0.1, 0.15) is 0 Å². The van der Waals surface area contributed by atoms with Crippen molar-refractivity contribution in [2.75, 3.05) is 0 Å². The summed E-state index contributed by atoms with van der Waals surface area (Å²) in [7, 11) is -0.335. The summed E-state index contributed by atoms with van der Waals surface area (Å²) in [4.78, 5) is 0. The summed E-state index contributed by atoms with van der Waals surface area (Å²) in [5, 5.41) is 2.59. The summed E-state index contributed by atoms with van der Waals surface area (Å²) in [6.45, 7) is 10.6.